The number of benzene rings is 2. The fraction of sp³-hybridized carbons (Fsp3) is 0.346. The first-order valence-corrected chi connectivity index (χ1v) is 11.7. The lowest BCUT2D eigenvalue weighted by molar-refractivity contribution is -0.132. The van der Waals surface area contributed by atoms with E-state index in [0.717, 1.165) is 18.5 Å². The maximum absolute atomic E-state index is 15.6. The molecular weight excluding hydrogens is 475 g/mol. The number of nitrogens with zero attached hydrogens (tertiary/aromatic N) is 3. The lowest BCUT2D eigenvalue weighted by atomic mass is 9.92. The summed E-state index contributed by atoms with van der Waals surface area (Å²) >= 11 is 0. The third-order valence-corrected chi connectivity index (χ3v) is 6.76. The Hall–Kier alpha value is -3.82. The standard InChI is InChI=1S/C26H26F3N3O4/c1-15-17-13-19(27)23(31-11-9-30(10-12-31)20-5-3-4-6-21(20)35-2)24(36-26(28)29)22(17)32(16-7-8-16)14-18(15)25(33)34/h3-6,13-14,16,26H,1,7-12H2,2H3,(H,33,34). The minimum atomic E-state index is -3.19. The second-order valence-corrected chi connectivity index (χ2v) is 8.92. The maximum atomic E-state index is 15.6. The lowest BCUT2D eigenvalue weighted by Crippen LogP contribution is -2.47. The molecule has 0 radical (unpaired) electrons. The molecule has 2 aromatic rings. The Morgan fingerprint density at radius 2 is 1.78 bits per heavy atom. The topological polar surface area (TPSA) is 65.5 Å². The number of carboxylic acids is 1. The highest BCUT2D eigenvalue weighted by Gasteiger charge is 2.40. The molecule has 2 fully saturated rings. The van der Waals surface area contributed by atoms with Crippen LogP contribution in [0.2, 0.25) is 0 Å². The quantitative estimate of drug-likeness (QED) is 0.589. The van der Waals surface area contributed by atoms with Crippen LogP contribution in [0.5, 0.6) is 11.5 Å². The molecule has 10 heteroatoms. The highest BCUT2D eigenvalue weighted by Crippen LogP contribution is 2.52. The molecule has 5 rings (SSSR count). The van der Waals surface area contributed by atoms with Gasteiger partial charge in [0.25, 0.3) is 0 Å². The molecule has 7 nitrogen and oxygen atoms in total. The van der Waals surface area contributed by atoms with Crippen molar-refractivity contribution in [1.82, 2.24) is 0 Å². The van der Waals surface area contributed by atoms with Gasteiger partial charge in [0.1, 0.15) is 11.4 Å². The van der Waals surface area contributed by atoms with Crippen LogP contribution in [0, 0.1) is 5.82 Å². The molecule has 0 unspecified atom stereocenters. The van der Waals surface area contributed by atoms with Crippen LogP contribution in [0.25, 0.3) is 5.57 Å². The fourth-order valence-corrected chi connectivity index (χ4v) is 4.90. The van der Waals surface area contributed by atoms with Crippen LogP contribution >= 0.6 is 0 Å². The minimum absolute atomic E-state index is 0.0555. The van der Waals surface area contributed by atoms with Crippen LogP contribution in [0.1, 0.15) is 18.4 Å². The molecule has 1 saturated carbocycles. The predicted molar refractivity (Wildman–Crippen MR) is 131 cm³/mol. The van der Waals surface area contributed by atoms with Gasteiger partial charge in [0, 0.05) is 44.0 Å². The Morgan fingerprint density at radius 1 is 1.11 bits per heavy atom. The smallest absolute Gasteiger partial charge is 0.387 e. The van der Waals surface area contributed by atoms with Crippen LogP contribution in [0.3, 0.4) is 0 Å². The van der Waals surface area contributed by atoms with E-state index in [2.05, 4.69) is 11.5 Å². The summed E-state index contributed by atoms with van der Waals surface area (Å²) in [5.74, 6) is -1.56. The van der Waals surface area contributed by atoms with Gasteiger partial charge in [0.2, 0.25) is 0 Å². The molecule has 0 amide bonds. The number of carbonyl (C=O) groups is 1. The molecular formula is C26H26F3N3O4. The number of rotatable bonds is 7. The van der Waals surface area contributed by atoms with Crippen molar-refractivity contribution in [3.63, 3.8) is 0 Å². The van der Waals surface area contributed by atoms with Gasteiger partial charge >= 0.3 is 12.6 Å². The molecule has 2 aliphatic heterocycles. The van der Waals surface area contributed by atoms with E-state index in [9.17, 15) is 18.7 Å². The molecule has 36 heavy (non-hydrogen) atoms. The third-order valence-electron chi connectivity index (χ3n) is 6.76. The summed E-state index contributed by atoms with van der Waals surface area (Å²) in [6, 6.07) is 8.68. The Morgan fingerprint density at radius 3 is 2.39 bits per heavy atom. The largest absolute Gasteiger partial charge is 0.495 e. The van der Waals surface area contributed by atoms with Gasteiger partial charge in [-0.15, -0.1) is 0 Å². The van der Waals surface area contributed by atoms with E-state index in [-0.39, 0.29) is 39.9 Å². The van der Waals surface area contributed by atoms with Gasteiger partial charge in [-0.1, -0.05) is 18.7 Å². The molecule has 190 valence electrons. The average molecular weight is 502 g/mol. The van der Waals surface area contributed by atoms with E-state index in [1.165, 1.54) is 12.3 Å². The van der Waals surface area contributed by atoms with Crippen molar-refractivity contribution in [2.75, 3.05) is 48.0 Å². The van der Waals surface area contributed by atoms with E-state index in [1.807, 2.05) is 24.3 Å². The fourth-order valence-electron chi connectivity index (χ4n) is 4.90. The van der Waals surface area contributed by atoms with E-state index in [0.29, 0.717) is 31.9 Å². The summed E-state index contributed by atoms with van der Waals surface area (Å²) in [6.07, 6.45) is 2.91. The first kappa shape index (κ1) is 23.9. The molecule has 1 aliphatic carbocycles. The van der Waals surface area contributed by atoms with E-state index < -0.39 is 18.4 Å². The monoisotopic (exact) mass is 501 g/mol. The molecule has 0 spiro atoms. The predicted octanol–water partition coefficient (Wildman–Crippen LogP) is 4.73. The number of aliphatic carboxylic acids is 1. The summed E-state index contributed by atoms with van der Waals surface area (Å²) in [6.45, 7) is 2.35. The van der Waals surface area contributed by atoms with Crippen LogP contribution in [0.15, 0.2) is 48.7 Å². The number of carboxylic acid groups (broad SMARTS) is 1. The van der Waals surface area contributed by atoms with Crippen LogP contribution in [0.4, 0.5) is 30.2 Å². The van der Waals surface area contributed by atoms with Crippen LogP contribution < -0.4 is 24.2 Å². The highest BCUT2D eigenvalue weighted by atomic mass is 19.3. The van der Waals surface area contributed by atoms with Gasteiger partial charge < -0.3 is 29.3 Å². The van der Waals surface area contributed by atoms with Crippen molar-refractivity contribution in [3.8, 4) is 11.5 Å². The molecule has 3 aliphatic rings. The first-order chi connectivity index (χ1) is 17.3. The highest BCUT2D eigenvalue weighted by molar-refractivity contribution is 6.09. The number of alkyl halides is 2. The summed E-state index contributed by atoms with van der Waals surface area (Å²) in [4.78, 5) is 17.2. The molecule has 0 bridgehead atoms. The van der Waals surface area contributed by atoms with E-state index in [1.54, 1.807) is 16.9 Å². The molecule has 0 aromatic heterocycles. The van der Waals surface area contributed by atoms with Gasteiger partial charge in [-0.05, 0) is 36.6 Å². The van der Waals surface area contributed by atoms with Crippen molar-refractivity contribution in [3.05, 3.63) is 60.1 Å². The Kier molecular flexibility index (Phi) is 6.19. The summed E-state index contributed by atoms with van der Waals surface area (Å²) < 4.78 is 53.3. The van der Waals surface area contributed by atoms with Crippen molar-refractivity contribution >= 4 is 28.6 Å². The number of hydrogen-bond donors (Lipinski definition) is 1. The van der Waals surface area contributed by atoms with E-state index >= 15 is 4.39 Å². The van der Waals surface area contributed by atoms with Gasteiger partial charge in [0.15, 0.2) is 11.6 Å². The summed E-state index contributed by atoms with van der Waals surface area (Å²) in [7, 11) is 1.59. The molecule has 1 N–H and O–H groups in total. The number of fused-ring (bicyclic) bond motifs is 1. The van der Waals surface area contributed by atoms with Gasteiger partial charge in [-0.2, -0.15) is 8.78 Å². The van der Waals surface area contributed by atoms with Crippen molar-refractivity contribution in [1.29, 1.82) is 0 Å². The first-order valence-electron chi connectivity index (χ1n) is 11.7. The number of piperazine rings is 1. The average Bonchev–Trinajstić information content (AvgIpc) is 3.70. The minimum Gasteiger partial charge on any atom is -0.495 e. The number of ether oxygens (including phenoxy) is 2. The summed E-state index contributed by atoms with van der Waals surface area (Å²) in [5.41, 5.74) is 1.18. The summed E-state index contributed by atoms with van der Waals surface area (Å²) in [5, 5.41) is 9.63. The number of hydrogen-bond acceptors (Lipinski definition) is 6. The van der Waals surface area contributed by atoms with Crippen molar-refractivity contribution in [2.45, 2.75) is 25.5 Å². The zero-order chi connectivity index (χ0) is 25.6. The van der Waals surface area contributed by atoms with Gasteiger partial charge in [-0.3, -0.25) is 0 Å². The Bertz CT molecular complexity index is 1240. The zero-order valence-corrected chi connectivity index (χ0v) is 19.7. The third kappa shape index (κ3) is 4.20. The second-order valence-electron chi connectivity index (χ2n) is 8.92. The maximum Gasteiger partial charge on any atom is 0.387 e. The number of methoxy groups -OCH3 is 1. The Balaban J connectivity index is 1.54. The van der Waals surface area contributed by atoms with Gasteiger partial charge in [-0.25, -0.2) is 9.18 Å². The molecule has 1 saturated heterocycles. The van der Waals surface area contributed by atoms with Crippen molar-refractivity contribution < 1.29 is 32.5 Å². The Labute approximate surface area is 206 Å². The molecule has 0 atom stereocenters. The number of halogens is 3. The SMILES string of the molecule is C=C1C(C(=O)O)=CN(C2CC2)c2c1cc(F)c(N1CCN(c3ccccc3OC)CC1)c2OC(F)F. The molecule has 2 aromatic carbocycles. The number of para-hydroxylation sites is 2. The number of anilines is 3. The van der Waals surface area contributed by atoms with Gasteiger partial charge in [0.05, 0.1) is 24.1 Å². The van der Waals surface area contributed by atoms with Crippen molar-refractivity contribution in [2.24, 2.45) is 0 Å². The van der Waals surface area contributed by atoms with Crippen LogP contribution in [-0.4, -0.2) is 57.0 Å². The second kappa shape index (κ2) is 9.33. The molecule has 2 heterocycles. The van der Waals surface area contributed by atoms with Crippen LogP contribution in [-0.2, 0) is 4.79 Å². The normalized spacial score (nSPS) is 17.8. The van der Waals surface area contributed by atoms with E-state index in [4.69, 9.17) is 9.47 Å². The lowest BCUT2D eigenvalue weighted by Gasteiger charge is -2.40. The zero-order valence-electron chi connectivity index (χ0n) is 19.7.